The maximum atomic E-state index is 5.53. The Morgan fingerprint density at radius 1 is 1.21 bits per heavy atom. The summed E-state index contributed by atoms with van der Waals surface area (Å²) >= 11 is 0. The molecule has 0 aliphatic carbocycles. The van der Waals surface area contributed by atoms with Crippen molar-refractivity contribution in [3.63, 3.8) is 0 Å². The molecule has 2 atom stereocenters. The van der Waals surface area contributed by atoms with Gasteiger partial charge in [0.1, 0.15) is 0 Å². The minimum absolute atomic E-state index is 0.455. The van der Waals surface area contributed by atoms with Gasteiger partial charge in [-0.3, -0.25) is 0 Å². The van der Waals surface area contributed by atoms with Gasteiger partial charge in [0.2, 0.25) is 0 Å². The molecule has 0 rings (SSSR count). The van der Waals surface area contributed by atoms with Crippen LogP contribution in [-0.4, -0.2) is 19.1 Å². The summed E-state index contributed by atoms with van der Waals surface area (Å²) in [6.07, 6.45) is 2.55. The summed E-state index contributed by atoms with van der Waals surface area (Å²) in [5.41, 5.74) is 5.99. The smallest absolute Gasteiger partial charge is 0.0161 e. The number of rotatable bonds is 6. The van der Waals surface area contributed by atoms with Crippen molar-refractivity contribution in [3.8, 4) is 0 Å². The molecule has 3 N–H and O–H groups in total. The standard InChI is InChI=1S/C12H28N2/c1-10(8-12(3,4)5)6-7-14-11(2)9-13/h10-11,14H,6-9,13H2,1-5H3. The van der Waals surface area contributed by atoms with Crippen molar-refractivity contribution in [3.05, 3.63) is 0 Å². The molecule has 2 nitrogen and oxygen atoms in total. The molecule has 0 bridgehead atoms. The lowest BCUT2D eigenvalue weighted by Gasteiger charge is -2.23. The second kappa shape index (κ2) is 6.41. The van der Waals surface area contributed by atoms with E-state index in [9.17, 15) is 0 Å². The molecule has 0 aromatic carbocycles. The summed E-state index contributed by atoms with van der Waals surface area (Å²) in [5, 5.41) is 3.42. The molecule has 0 fully saturated rings. The SMILES string of the molecule is CC(CCNC(C)CN)CC(C)(C)C. The number of hydrogen-bond donors (Lipinski definition) is 2. The molecule has 2 unspecified atom stereocenters. The molecule has 0 heterocycles. The van der Waals surface area contributed by atoms with Crippen LogP contribution in [0.5, 0.6) is 0 Å². The van der Waals surface area contributed by atoms with E-state index in [0.717, 1.165) is 19.0 Å². The van der Waals surface area contributed by atoms with E-state index in [1.807, 2.05) is 0 Å². The summed E-state index contributed by atoms with van der Waals surface area (Å²) < 4.78 is 0. The molecule has 14 heavy (non-hydrogen) atoms. The van der Waals surface area contributed by atoms with Gasteiger partial charge < -0.3 is 11.1 Å². The Kier molecular flexibility index (Phi) is 6.38. The Morgan fingerprint density at radius 2 is 1.79 bits per heavy atom. The van der Waals surface area contributed by atoms with Gasteiger partial charge in [0.15, 0.2) is 0 Å². The average molecular weight is 200 g/mol. The zero-order valence-corrected chi connectivity index (χ0v) is 10.6. The highest BCUT2D eigenvalue weighted by Crippen LogP contribution is 2.25. The monoisotopic (exact) mass is 200 g/mol. The first-order valence-electron chi connectivity index (χ1n) is 5.78. The van der Waals surface area contributed by atoms with Crippen LogP contribution in [0.1, 0.15) is 47.5 Å². The average Bonchev–Trinajstić information content (AvgIpc) is 2.00. The van der Waals surface area contributed by atoms with Gasteiger partial charge in [0.25, 0.3) is 0 Å². The van der Waals surface area contributed by atoms with Crippen LogP contribution in [0.2, 0.25) is 0 Å². The number of nitrogens with one attached hydrogen (secondary N) is 1. The maximum absolute atomic E-state index is 5.53. The zero-order valence-electron chi connectivity index (χ0n) is 10.6. The van der Waals surface area contributed by atoms with Gasteiger partial charge in [-0.1, -0.05) is 27.7 Å². The van der Waals surface area contributed by atoms with Crippen molar-refractivity contribution in [2.45, 2.75) is 53.5 Å². The quantitative estimate of drug-likeness (QED) is 0.691. The molecule has 0 radical (unpaired) electrons. The number of nitrogens with two attached hydrogens (primary N) is 1. The first-order valence-corrected chi connectivity index (χ1v) is 5.78. The van der Waals surface area contributed by atoms with Crippen LogP contribution in [0.25, 0.3) is 0 Å². The second-order valence-corrected chi connectivity index (χ2v) is 5.75. The van der Waals surface area contributed by atoms with Gasteiger partial charge in [-0.15, -0.1) is 0 Å². The highest BCUT2D eigenvalue weighted by atomic mass is 14.9. The molecular weight excluding hydrogens is 172 g/mol. The molecular formula is C12H28N2. The third-order valence-electron chi connectivity index (χ3n) is 2.44. The summed E-state index contributed by atoms with van der Waals surface area (Å²) in [7, 11) is 0. The van der Waals surface area contributed by atoms with Crippen LogP contribution in [0.15, 0.2) is 0 Å². The third kappa shape index (κ3) is 8.52. The van der Waals surface area contributed by atoms with Gasteiger partial charge in [-0.2, -0.15) is 0 Å². The molecule has 2 heteroatoms. The van der Waals surface area contributed by atoms with E-state index in [1.165, 1.54) is 12.8 Å². The molecule has 0 aromatic heterocycles. The Bertz CT molecular complexity index is 138. The third-order valence-corrected chi connectivity index (χ3v) is 2.44. The van der Waals surface area contributed by atoms with E-state index in [4.69, 9.17) is 5.73 Å². The summed E-state index contributed by atoms with van der Waals surface area (Å²) in [6, 6.07) is 0.455. The van der Waals surface area contributed by atoms with E-state index in [1.54, 1.807) is 0 Å². The van der Waals surface area contributed by atoms with Crippen LogP contribution in [0.3, 0.4) is 0 Å². The van der Waals surface area contributed by atoms with Gasteiger partial charge in [0.05, 0.1) is 0 Å². The predicted molar refractivity (Wildman–Crippen MR) is 64.4 cm³/mol. The lowest BCUT2D eigenvalue weighted by Crippen LogP contribution is -2.34. The zero-order chi connectivity index (χ0) is 11.2. The Hall–Kier alpha value is -0.0800. The Balaban J connectivity index is 3.50. The minimum Gasteiger partial charge on any atom is -0.329 e. The van der Waals surface area contributed by atoms with Crippen molar-refractivity contribution >= 4 is 0 Å². The van der Waals surface area contributed by atoms with Crippen molar-refractivity contribution in [2.75, 3.05) is 13.1 Å². The molecule has 0 aromatic rings. The van der Waals surface area contributed by atoms with Gasteiger partial charge >= 0.3 is 0 Å². The predicted octanol–water partition coefficient (Wildman–Crippen LogP) is 2.39. The lowest BCUT2D eigenvalue weighted by molar-refractivity contribution is 0.293. The van der Waals surface area contributed by atoms with Crippen LogP contribution >= 0.6 is 0 Å². The van der Waals surface area contributed by atoms with Crippen molar-refractivity contribution < 1.29 is 0 Å². The molecule has 0 spiro atoms. The first-order chi connectivity index (χ1) is 6.35. The summed E-state index contributed by atoms with van der Waals surface area (Å²) in [5.74, 6) is 0.799. The Labute approximate surface area is 89.6 Å². The van der Waals surface area contributed by atoms with Crippen molar-refractivity contribution in [1.82, 2.24) is 5.32 Å². The normalized spacial score (nSPS) is 16.7. The van der Waals surface area contributed by atoms with Crippen molar-refractivity contribution in [1.29, 1.82) is 0 Å². The van der Waals surface area contributed by atoms with E-state index in [2.05, 4.69) is 39.9 Å². The fourth-order valence-corrected chi connectivity index (χ4v) is 1.81. The van der Waals surface area contributed by atoms with E-state index < -0.39 is 0 Å². The van der Waals surface area contributed by atoms with Gasteiger partial charge in [0, 0.05) is 12.6 Å². The van der Waals surface area contributed by atoms with Gasteiger partial charge in [-0.25, -0.2) is 0 Å². The molecule has 0 aliphatic heterocycles. The summed E-state index contributed by atoms with van der Waals surface area (Å²) in [6.45, 7) is 13.2. The van der Waals surface area contributed by atoms with Crippen molar-refractivity contribution in [2.24, 2.45) is 17.1 Å². The summed E-state index contributed by atoms with van der Waals surface area (Å²) in [4.78, 5) is 0. The fourth-order valence-electron chi connectivity index (χ4n) is 1.81. The topological polar surface area (TPSA) is 38.0 Å². The van der Waals surface area contributed by atoms with E-state index in [-0.39, 0.29) is 0 Å². The maximum Gasteiger partial charge on any atom is 0.0161 e. The molecule has 0 saturated carbocycles. The Morgan fingerprint density at radius 3 is 2.21 bits per heavy atom. The van der Waals surface area contributed by atoms with Crippen LogP contribution in [-0.2, 0) is 0 Å². The van der Waals surface area contributed by atoms with E-state index in [0.29, 0.717) is 11.5 Å². The highest BCUT2D eigenvalue weighted by Gasteiger charge is 2.14. The lowest BCUT2D eigenvalue weighted by atomic mass is 9.84. The van der Waals surface area contributed by atoms with Crippen LogP contribution < -0.4 is 11.1 Å². The fraction of sp³-hybridized carbons (Fsp3) is 1.00. The van der Waals surface area contributed by atoms with Crippen LogP contribution in [0, 0.1) is 11.3 Å². The highest BCUT2D eigenvalue weighted by molar-refractivity contribution is 4.68. The molecule has 0 aliphatic rings. The van der Waals surface area contributed by atoms with Gasteiger partial charge in [-0.05, 0) is 37.6 Å². The molecule has 0 saturated heterocycles. The van der Waals surface area contributed by atoms with Crippen LogP contribution in [0.4, 0.5) is 0 Å². The van der Waals surface area contributed by atoms with E-state index >= 15 is 0 Å². The second-order valence-electron chi connectivity index (χ2n) is 5.75. The molecule has 86 valence electrons. The largest absolute Gasteiger partial charge is 0.329 e. The first kappa shape index (κ1) is 13.9. The molecule has 0 amide bonds. The number of hydrogen-bond acceptors (Lipinski definition) is 2. The minimum atomic E-state index is 0.455.